The summed E-state index contributed by atoms with van der Waals surface area (Å²) in [5.74, 6) is 2.30. The van der Waals surface area contributed by atoms with Crippen molar-refractivity contribution >= 4 is 23.6 Å². The first kappa shape index (κ1) is 14.4. The van der Waals surface area contributed by atoms with Crippen LogP contribution < -0.4 is 10.6 Å². The van der Waals surface area contributed by atoms with Crippen LogP contribution >= 0.6 is 11.8 Å². The Labute approximate surface area is 107 Å². The molecule has 0 saturated carbocycles. The Kier molecular flexibility index (Phi) is 6.40. The van der Waals surface area contributed by atoms with E-state index in [0.717, 1.165) is 17.9 Å². The predicted molar refractivity (Wildman–Crippen MR) is 71.0 cm³/mol. The normalized spacial score (nSPS) is 21.8. The van der Waals surface area contributed by atoms with Crippen molar-refractivity contribution in [3.8, 4) is 0 Å². The van der Waals surface area contributed by atoms with Crippen LogP contribution in [-0.4, -0.2) is 35.9 Å². The Balaban J connectivity index is 2.21. The van der Waals surface area contributed by atoms with Crippen molar-refractivity contribution in [1.29, 1.82) is 0 Å². The average molecular weight is 258 g/mol. The molecule has 17 heavy (non-hydrogen) atoms. The minimum atomic E-state index is -0.0472. The maximum atomic E-state index is 11.9. The van der Waals surface area contributed by atoms with Crippen LogP contribution in [0.1, 0.15) is 33.1 Å². The zero-order valence-corrected chi connectivity index (χ0v) is 11.4. The molecule has 2 atom stereocenters. The van der Waals surface area contributed by atoms with E-state index >= 15 is 0 Å². The van der Waals surface area contributed by atoms with Crippen LogP contribution in [0, 0.1) is 5.92 Å². The number of carbonyl (C=O) groups excluding carboxylic acids is 2. The molecule has 1 rings (SSSR count). The number of amides is 2. The average Bonchev–Trinajstić information content (AvgIpc) is 2.30. The summed E-state index contributed by atoms with van der Waals surface area (Å²) in [7, 11) is 0. The highest BCUT2D eigenvalue weighted by molar-refractivity contribution is 7.99. The molecule has 1 aliphatic rings. The summed E-state index contributed by atoms with van der Waals surface area (Å²) in [6.07, 6.45) is 2.15. The molecule has 5 heteroatoms. The van der Waals surface area contributed by atoms with E-state index < -0.39 is 0 Å². The van der Waals surface area contributed by atoms with Gasteiger partial charge in [-0.25, -0.2) is 0 Å². The molecule has 0 spiro atoms. The van der Waals surface area contributed by atoms with Gasteiger partial charge in [-0.05, 0) is 31.3 Å². The summed E-state index contributed by atoms with van der Waals surface area (Å²) in [6.45, 7) is 4.66. The van der Waals surface area contributed by atoms with Crippen LogP contribution in [0.4, 0.5) is 0 Å². The van der Waals surface area contributed by atoms with Gasteiger partial charge in [0, 0.05) is 19.0 Å². The maximum Gasteiger partial charge on any atom is 0.225 e. The van der Waals surface area contributed by atoms with Gasteiger partial charge in [0.25, 0.3) is 0 Å². The molecule has 0 bridgehead atoms. The standard InChI is InChI=1S/C12H22N2O2S/c1-3-17-7-6-9(2)14-12(16)10-4-5-11(15)13-8-10/h9-10H,3-8H2,1-2H3,(H,13,15)(H,14,16). The molecule has 1 heterocycles. The second kappa shape index (κ2) is 7.58. The molecule has 98 valence electrons. The van der Waals surface area contributed by atoms with Gasteiger partial charge < -0.3 is 10.6 Å². The Hall–Kier alpha value is -0.710. The molecule has 1 aliphatic heterocycles. The van der Waals surface area contributed by atoms with E-state index in [1.807, 2.05) is 18.7 Å². The van der Waals surface area contributed by atoms with Gasteiger partial charge in [-0.2, -0.15) is 11.8 Å². The Morgan fingerprint density at radius 3 is 3.00 bits per heavy atom. The Morgan fingerprint density at radius 1 is 1.65 bits per heavy atom. The van der Waals surface area contributed by atoms with Gasteiger partial charge in [0.05, 0.1) is 5.92 Å². The molecular weight excluding hydrogens is 236 g/mol. The van der Waals surface area contributed by atoms with Gasteiger partial charge in [0.1, 0.15) is 0 Å². The Bertz CT molecular complexity index is 261. The molecule has 1 saturated heterocycles. The van der Waals surface area contributed by atoms with Crippen LogP contribution in [0.25, 0.3) is 0 Å². The van der Waals surface area contributed by atoms with Crippen molar-refractivity contribution < 1.29 is 9.59 Å². The highest BCUT2D eigenvalue weighted by atomic mass is 32.2. The SMILES string of the molecule is CCSCCC(C)NC(=O)C1CCC(=O)NC1. The number of hydrogen-bond donors (Lipinski definition) is 2. The quantitative estimate of drug-likeness (QED) is 0.703. The largest absolute Gasteiger partial charge is 0.355 e. The fourth-order valence-electron chi connectivity index (χ4n) is 1.79. The van der Waals surface area contributed by atoms with Crippen molar-refractivity contribution in [2.45, 2.75) is 39.2 Å². The highest BCUT2D eigenvalue weighted by Gasteiger charge is 2.24. The van der Waals surface area contributed by atoms with Crippen LogP contribution in [-0.2, 0) is 9.59 Å². The second-order valence-corrected chi connectivity index (χ2v) is 5.83. The van der Waals surface area contributed by atoms with Crippen LogP contribution in [0.3, 0.4) is 0 Å². The third kappa shape index (κ3) is 5.44. The first-order chi connectivity index (χ1) is 8.13. The molecule has 2 unspecified atom stereocenters. The number of rotatable bonds is 6. The molecule has 2 amide bonds. The summed E-state index contributed by atoms with van der Waals surface area (Å²) in [5, 5.41) is 5.75. The first-order valence-corrected chi connectivity index (χ1v) is 7.43. The van der Waals surface area contributed by atoms with E-state index in [2.05, 4.69) is 17.6 Å². The lowest BCUT2D eigenvalue weighted by molar-refractivity contribution is -0.129. The van der Waals surface area contributed by atoms with Crippen molar-refractivity contribution in [3.05, 3.63) is 0 Å². The fourth-order valence-corrected chi connectivity index (χ4v) is 2.60. The third-order valence-electron chi connectivity index (χ3n) is 2.92. The molecular formula is C12H22N2O2S. The van der Waals surface area contributed by atoms with Crippen molar-refractivity contribution in [2.24, 2.45) is 5.92 Å². The summed E-state index contributed by atoms with van der Waals surface area (Å²) >= 11 is 1.89. The number of thioether (sulfide) groups is 1. The van der Waals surface area contributed by atoms with Crippen molar-refractivity contribution in [3.63, 3.8) is 0 Å². The third-order valence-corrected chi connectivity index (χ3v) is 3.86. The fraction of sp³-hybridized carbons (Fsp3) is 0.833. The van der Waals surface area contributed by atoms with Gasteiger partial charge in [-0.3, -0.25) is 9.59 Å². The van der Waals surface area contributed by atoms with Gasteiger partial charge in [0.15, 0.2) is 0 Å². The second-order valence-electron chi connectivity index (χ2n) is 4.43. The van der Waals surface area contributed by atoms with Crippen LogP contribution in [0.5, 0.6) is 0 Å². The molecule has 0 aromatic carbocycles. The Morgan fingerprint density at radius 2 is 2.41 bits per heavy atom. The minimum Gasteiger partial charge on any atom is -0.355 e. The van der Waals surface area contributed by atoms with E-state index in [1.165, 1.54) is 0 Å². The topological polar surface area (TPSA) is 58.2 Å². The summed E-state index contributed by atoms with van der Waals surface area (Å²) in [4.78, 5) is 22.9. The summed E-state index contributed by atoms with van der Waals surface area (Å²) in [5.41, 5.74) is 0. The number of piperidine rings is 1. The molecule has 4 nitrogen and oxygen atoms in total. The van der Waals surface area contributed by atoms with E-state index in [-0.39, 0.29) is 23.8 Å². The molecule has 0 aromatic heterocycles. The van der Waals surface area contributed by atoms with Crippen LogP contribution in [0.2, 0.25) is 0 Å². The van der Waals surface area contributed by atoms with Crippen molar-refractivity contribution in [2.75, 3.05) is 18.1 Å². The lowest BCUT2D eigenvalue weighted by Gasteiger charge is -2.23. The smallest absolute Gasteiger partial charge is 0.225 e. The van der Waals surface area contributed by atoms with Gasteiger partial charge in [0.2, 0.25) is 11.8 Å². The molecule has 2 N–H and O–H groups in total. The van der Waals surface area contributed by atoms with Crippen LogP contribution in [0.15, 0.2) is 0 Å². The zero-order chi connectivity index (χ0) is 12.7. The minimum absolute atomic E-state index is 0.0472. The number of carbonyl (C=O) groups is 2. The van der Waals surface area contributed by atoms with Gasteiger partial charge >= 0.3 is 0 Å². The molecule has 0 aromatic rings. The van der Waals surface area contributed by atoms with Gasteiger partial charge in [-0.1, -0.05) is 6.92 Å². The van der Waals surface area contributed by atoms with E-state index in [0.29, 0.717) is 19.4 Å². The predicted octanol–water partition coefficient (Wildman–Crippen LogP) is 1.16. The lowest BCUT2D eigenvalue weighted by atomic mass is 9.98. The van der Waals surface area contributed by atoms with Crippen molar-refractivity contribution in [1.82, 2.24) is 10.6 Å². The summed E-state index contributed by atoms with van der Waals surface area (Å²) < 4.78 is 0. The molecule has 1 fully saturated rings. The monoisotopic (exact) mass is 258 g/mol. The van der Waals surface area contributed by atoms with E-state index in [1.54, 1.807) is 0 Å². The van der Waals surface area contributed by atoms with E-state index in [4.69, 9.17) is 0 Å². The number of nitrogens with one attached hydrogen (secondary N) is 2. The summed E-state index contributed by atoms with van der Waals surface area (Å²) in [6, 6.07) is 0.221. The van der Waals surface area contributed by atoms with Gasteiger partial charge in [-0.15, -0.1) is 0 Å². The van der Waals surface area contributed by atoms with E-state index in [9.17, 15) is 9.59 Å². The number of hydrogen-bond acceptors (Lipinski definition) is 3. The molecule has 0 aliphatic carbocycles. The lowest BCUT2D eigenvalue weighted by Crippen LogP contribution is -2.45. The maximum absolute atomic E-state index is 11.9. The highest BCUT2D eigenvalue weighted by Crippen LogP contribution is 2.11. The first-order valence-electron chi connectivity index (χ1n) is 6.28. The molecule has 0 radical (unpaired) electrons. The zero-order valence-electron chi connectivity index (χ0n) is 10.6.